The molecule has 3 aromatic rings. The van der Waals surface area contributed by atoms with Crippen molar-refractivity contribution in [2.45, 2.75) is 19.3 Å². The van der Waals surface area contributed by atoms with Gasteiger partial charge in [0.25, 0.3) is 5.91 Å². The lowest BCUT2D eigenvalue weighted by molar-refractivity contribution is -0.135. The summed E-state index contributed by atoms with van der Waals surface area (Å²) in [6.07, 6.45) is 4.34. The van der Waals surface area contributed by atoms with E-state index in [1.165, 1.54) is 16.6 Å². The van der Waals surface area contributed by atoms with Crippen LogP contribution in [0, 0.1) is 5.92 Å². The van der Waals surface area contributed by atoms with E-state index in [-0.39, 0.29) is 12.5 Å². The molecule has 0 N–H and O–H groups in total. The van der Waals surface area contributed by atoms with Crippen LogP contribution < -0.4 is 0 Å². The molecule has 4 rings (SSSR count). The zero-order valence-electron chi connectivity index (χ0n) is 16.6. The first-order chi connectivity index (χ1) is 14.7. The number of ether oxygens (including phenoxy) is 1. The quantitative estimate of drug-likeness (QED) is 0.585. The summed E-state index contributed by atoms with van der Waals surface area (Å²) < 4.78 is 6.68. The maximum atomic E-state index is 12.5. The molecule has 1 amide bonds. The Kier molecular flexibility index (Phi) is 6.12. The highest BCUT2D eigenvalue weighted by atomic mass is 16.5. The van der Waals surface area contributed by atoms with Crippen molar-refractivity contribution in [3.63, 3.8) is 0 Å². The van der Waals surface area contributed by atoms with E-state index in [0.29, 0.717) is 30.3 Å². The molecule has 0 saturated carbocycles. The van der Waals surface area contributed by atoms with Crippen molar-refractivity contribution < 1.29 is 14.3 Å². The third-order valence-corrected chi connectivity index (χ3v) is 5.38. The van der Waals surface area contributed by atoms with E-state index in [0.717, 1.165) is 19.3 Å². The van der Waals surface area contributed by atoms with Crippen LogP contribution in [0.3, 0.4) is 0 Å². The molecule has 0 unspecified atom stereocenters. The predicted octanol–water partition coefficient (Wildman–Crippen LogP) is 2.30. The van der Waals surface area contributed by atoms with Gasteiger partial charge in [-0.25, -0.2) is 4.79 Å². The van der Waals surface area contributed by atoms with Gasteiger partial charge in [-0.15, -0.1) is 5.10 Å². The second kappa shape index (κ2) is 9.30. The summed E-state index contributed by atoms with van der Waals surface area (Å²) >= 11 is 0. The molecule has 0 radical (unpaired) electrons. The number of hydrogen-bond donors (Lipinski definition) is 0. The number of esters is 1. The van der Waals surface area contributed by atoms with Crippen molar-refractivity contribution >= 4 is 11.9 Å². The molecule has 1 aliphatic heterocycles. The fourth-order valence-corrected chi connectivity index (χ4v) is 3.75. The monoisotopic (exact) mass is 405 g/mol. The average Bonchev–Trinajstić information content (AvgIpc) is 3.33. The summed E-state index contributed by atoms with van der Waals surface area (Å²) in [6, 6.07) is 17.3. The first-order valence-corrected chi connectivity index (χ1v) is 10.0. The highest BCUT2D eigenvalue weighted by molar-refractivity contribution is 5.94. The van der Waals surface area contributed by atoms with Gasteiger partial charge < -0.3 is 9.64 Å². The van der Waals surface area contributed by atoms with Crippen molar-refractivity contribution in [1.29, 1.82) is 0 Å². The van der Waals surface area contributed by atoms with E-state index in [1.54, 1.807) is 29.2 Å². The van der Waals surface area contributed by atoms with E-state index < -0.39 is 5.97 Å². The van der Waals surface area contributed by atoms with Crippen molar-refractivity contribution in [2.75, 3.05) is 19.7 Å². The normalized spacial score (nSPS) is 14.5. The first kappa shape index (κ1) is 19.8. The molecular formula is C22H23N5O3. The second-order valence-corrected chi connectivity index (χ2v) is 7.36. The molecule has 2 heterocycles. The molecule has 8 nitrogen and oxygen atoms in total. The minimum atomic E-state index is -0.576. The molecule has 154 valence electrons. The average molecular weight is 405 g/mol. The van der Waals surface area contributed by atoms with Gasteiger partial charge in [0.1, 0.15) is 6.33 Å². The number of piperidine rings is 1. The summed E-state index contributed by atoms with van der Waals surface area (Å²) in [5.74, 6) is -0.169. The Balaban J connectivity index is 1.28. The Hall–Kier alpha value is -3.55. The number of hydrogen-bond acceptors (Lipinski definition) is 6. The smallest absolute Gasteiger partial charge is 0.340 e. The van der Waals surface area contributed by atoms with Gasteiger partial charge in [0.15, 0.2) is 6.61 Å². The van der Waals surface area contributed by atoms with E-state index in [9.17, 15) is 9.59 Å². The summed E-state index contributed by atoms with van der Waals surface area (Å²) in [5, 5.41) is 11.0. The fourth-order valence-electron chi connectivity index (χ4n) is 3.75. The Morgan fingerprint density at radius 2 is 1.73 bits per heavy atom. The minimum absolute atomic E-state index is 0.165. The standard InChI is InChI=1S/C22H23N5O3/c28-21(26-12-10-18(11-13-26)14-17-6-2-1-3-7-17)15-30-22(29)19-8-4-5-9-20(19)27-16-23-24-25-27/h1-9,16,18H,10-15H2. The number of amides is 1. The molecule has 0 atom stereocenters. The summed E-state index contributed by atoms with van der Waals surface area (Å²) in [5.41, 5.74) is 2.14. The van der Waals surface area contributed by atoms with Crippen molar-refractivity contribution in [1.82, 2.24) is 25.1 Å². The summed E-state index contributed by atoms with van der Waals surface area (Å²) in [6.45, 7) is 1.11. The third kappa shape index (κ3) is 4.71. The molecule has 1 fully saturated rings. The largest absolute Gasteiger partial charge is 0.452 e. The third-order valence-electron chi connectivity index (χ3n) is 5.38. The van der Waals surface area contributed by atoms with Crippen molar-refractivity contribution in [3.8, 4) is 5.69 Å². The van der Waals surface area contributed by atoms with Gasteiger partial charge in [-0.05, 0) is 53.3 Å². The lowest BCUT2D eigenvalue weighted by Crippen LogP contribution is -2.41. The number of tetrazole rings is 1. The molecule has 0 aliphatic carbocycles. The zero-order valence-corrected chi connectivity index (χ0v) is 16.6. The van der Waals surface area contributed by atoms with Crippen LogP contribution in [0.2, 0.25) is 0 Å². The molecule has 2 aromatic carbocycles. The lowest BCUT2D eigenvalue weighted by atomic mass is 9.90. The molecule has 0 spiro atoms. The second-order valence-electron chi connectivity index (χ2n) is 7.36. The number of aromatic nitrogens is 4. The van der Waals surface area contributed by atoms with Crippen LogP contribution in [0.1, 0.15) is 28.8 Å². The van der Waals surface area contributed by atoms with Crippen LogP contribution in [-0.4, -0.2) is 56.7 Å². The topological polar surface area (TPSA) is 90.2 Å². The number of benzene rings is 2. The van der Waals surface area contributed by atoms with Crippen LogP contribution >= 0.6 is 0 Å². The van der Waals surface area contributed by atoms with Crippen LogP contribution in [-0.2, 0) is 16.0 Å². The highest BCUT2D eigenvalue weighted by Gasteiger charge is 2.24. The number of para-hydroxylation sites is 1. The van der Waals surface area contributed by atoms with E-state index in [1.807, 2.05) is 6.07 Å². The molecule has 1 aliphatic rings. The summed E-state index contributed by atoms with van der Waals surface area (Å²) in [4.78, 5) is 26.8. The van der Waals surface area contributed by atoms with Crippen molar-refractivity contribution in [3.05, 3.63) is 72.1 Å². The van der Waals surface area contributed by atoms with E-state index >= 15 is 0 Å². The molecule has 1 saturated heterocycles. The minimum Gasteiger partial charge on any atom is -0.452 e. The van der Waals surface area contributed by atoms with Gasteiger partial charge in [0.2, 0.25) is 0 Å². The SMILES string of the molecule is O=C(OCC(=O)N1CCC(Cc2ccccc2)CC1)c1ccccc1-n1cnnn1. The predicted molar refractivity (Wildman–Crippen MR) is 109 cm³/mol. The summed E-state index contributed by atoms with van der Waals surface area (Å²) in [7, 11) is 0. The Morgan fingerprint density at radius 3 is 2.47 bits per heavy atom. The van der Waals surface area contributed by atoms with Gasteiger partial charge in [0.05, 0.1) is 11.3 Å². The maximum absolute atomic E-state index is 12.5. The zero-order chi connectivity index (χ0) is 20.8. The number of carbonyl (C=O) groups excluding carboxylic acids is 2. The molecule has 0 bridgehead atoms. The van der Waals surface area contributed by atoms with Crippen molar-refractivity contribution in [2.24, 2.45) is 5.92 Å². The fraction of sp³-hybridized carbons (Fsp3) is 0.318. The van der Waals surface area contributed by atoms with Gasteiger partial charge in [0, 0.05) is 13.1 Å². The first-order valence-electron chi connectivity index (χ1n) is 10.0. The van der Waals surface area contributed by atoms with Crippen LogP contribution in [0.4, 0.5) is 0 Å². The number of rotatable bonds is 6. The van der Waals surface area contributed by atoms with Crippen LogP contribution in [0.25, 0.3) is 5.69 Å². The number of carbonyl (C=O) groups is 2. The van der Waals surface area contributed by atoms with Gasteiger partial charge in [-0.2, -0.15) is 4.68 Å². The van der Waals surface area contributed by atoms with Gasteiger partial charge in [-0.1, -0.05) is 42.5 Å². The van der Waals surface area contributed by atoms with Gasteiger partial charge in [-0.3, -0.25) is 4.79 Å². The van der Waals surface area contributed by atoms with Crippen LogP contribution in [0.15, 0.2) is 60.9 Å². The molecule has 30 heavy (non-hydrogen) atoms. The number of likely N-dealkylation sites (tertiary alicyclic amines) is 1. The molecule has 8 heteroatoms. The highest BCUT2D eigenvalue weighted by Crippen LogP contribution is 2.22. The number of nitrogens with zero attached hydrogens (tertiary/aromatic N) is 5. The van der Waals surface area contributed by atoms with Crippen LogP contribution in [0.5, 0.6) is 0 Å². The van der Waals surface area contributed by atoms with Gasteiger partial charge >= 0.3 is 5.97 Å². The Morgan fingerprint density at radius 1 is 1.00 bits per heavy atom. The Bertz CT molecular complexity index is 983. The maximum Gasteiger partial charge on any atom is 0.340 e. The molecular weight excluding hydrogens is 382 g/mol. The van der Waals surface area contributed by atoms with E-state index in [2.05, 4.69) is 39.8 Å². The molecule has 1 aromatic heterocycles. The van der Waals surface area contributed by atoms with E-state index in [4.69, 9.17) is 4.74 Å². The Labute approximate surface area is 174 Å². The lowest BCUT2D eigenvalue weighted by Gasteiger charge is -2.32.